The highest BCUT2D eigenvalue weighted by atomic mass is 32.1. The van der Waals surface area contributed by atoms with E-state index in [0.29, 0.717) is 23.4 Å². The molecule has 4 aliphatic rings. The molecule has 2 aromatic rings. The monoisotopic (exact) mass is 601 g/mol. The van der Waals surface area contributed by atoms with E-state index in [-0.39, 0.29) is 29.5 Å². The average molecular weight is 602 g/mol. The molecule has 9 nitrogen and oxygen atoms in total. The Morgan fingerprint density at radius 2 is 1.88 bits per heavy atom. The highest BCUT2D eigenvalue weighted by Crippen LogP contribution is 2.47. The fraction of sp³-hybridized carbons (Fsp3) is 0.545. The van der Waals surface area contributed by atoms with Crippen molar-refractivity contribution in [1.82, 2.24) is 20.2 Å². The number of hydrogen-bond acceptors (Lipinski definition) is 8. The van der Waals surface area contributed by atoms with Crippen LogP contribution in [0.4, 0.5) is 0 Å². The average Bonchev–Trinajstić information content (AvgIpc) is 3.54. The van der Waals surface area contributed by atoms with Gasteiger partial charge in [-0.15, -0.1) is 11.3 Å². The Kier molecular flexibility index (Phi) is 8.24. The van der Waals surface area contributed by atoms with Crippen molar-refractivity contribution in [3.63, 3.8) is 0 Å². The van der Waals surface area contributed by atoms with Crippen LogP contribution in [-0.2, 0) is 22.6 Å². The molecule has 3 fully saturated rings. The third-order valence-electron chi connectivity index (χ3n) is 9.80. The zero-order valence-electron chi connectivity index (χ0n) is 24.9. The second kappa shape index (κ2) is 11.9. The molecule has 2 aliphatic carbocycles. The van der Waals surface area contributed by atoms with Crippen molar-refractivity contribution in [1.29, 1.82) is 0 Å². The summed E-state index contributed by atoms with van der Waals surface area (Å²) in [6, 6.07) is 3.85. The third-order valence-corrected chi connectivity index (χ3v) is 10.7. The van der Waals surface area contributed by atoms with Gasteiger partial charge in [-0.05, 0) is 74.8 Å². The van der Waals surface area contributed by atoms with E-state index in [9.17, 15) is 19.2 Å². The summed E-state index contributed by atoms with van der Waals surface area (Å²) in [5.74, 6) is 11.9. The van der Waals surface area contributed by atoms with Gasteiger partial charge in [0.25, 0.3) is 17.7 Å². The first-order valence-corrected chi connectivity index (χ1v) is 16.4. The van der Waals surface area contributed by atoms with Crippen molar-refractivity contribution < 1.29 is 19.2 Å². The minimum Gasteiger partial charge on any atom is -0.305 e. The summed E-state index contributed by atoms with van der Waals surface area (Å²) in [4.78, 5) is 56.6. The molecule has 1 aromatic heterocycles. The smallest absolute Gasteiger partial charge is 0.266 e. The fourth-order valence-corrected chi connectivity index (χ4v) is 8.62. The number of carbonyl (C=O) groups excluding carboxylic acids is 4. The Balaban J connectivity index is 1.07. The number of fused-ring (bicyclic) bond motifs is 3. The first-order chi connectivity index (χ1) is 20.7. The summed E-state index contributed by atoms with van der Waals surface area (Å²) in [6.45, 7) is 5.52. The van der Waals surface area contributed by atoms with Gasteiger partial charge >= 0.3 is 0 Å². The number of nitrogens with zero attached hydrogens (tertiary/aromatic N) is 3. The molecule has 3 heterocycles. The topological polar surface area (TPSA) is 126 Å². The number of piperidine rings is 1. The van der Waals surface area contributed by atoms with E-state index < -0.39 is 29.7 Å². The van der Waals surface area contributed by atoms with Crippen LogP contribution in [0.3, 0.4) is 0 Å². The Bertz CT molecular complexity index is 1500. The molecule has 4 amide bonds. The van der Waals surface area contributed by atoms with Gasteiger partial charge in [0.15, 0.2) is 0 Å². The van der Waals surface area contributed by atoms with Gasteiger partial charge in [0, 0.05) is 42.3 Å². The molecule has 10 heteroatoms. The summed E-state index contributed by atoms with van der Waals surface area (Å²) in [6.07, 6.45) is 9.12. The lowest BCUT2D eigenvalue weighted by atomic mass is 9.61. The maximum absolute atomic E-state index is 13.3. The molecule has 2 bridgehead atoms. The number of hydrogen-bond donors (Lipinski definition) is 2. The molecule has 0 radical (unpaired) electrons. The Labute approximate surface area is 256 Å². The lowest BCUT2D eigenvalue weighted by molar-refractivity contribution is -0.151. The number of hydrazine groups is 1. The number of aryl methyl sites for hydroxylation is 1. The van der Waals surface area contributed by atoms with E-state index in [2.05, 4.69) is 36.4 Å². The van der Waals surface area contributed by atoms with Crippen LogP contribution in [0.25, 0.3) is 0 Å². The van der Waals surface area contributed by atoms with Gasteiger partial charge in [-0.3, -0.25) is 24.1 Å². The molecule has 2 aliphatic heterocycles. The van der Waals surface area contributed by atoms with E-state index in [4.69, 9.17) is 10.8 Å². The molecule has 226 valence electrons. The summed E-state index contributed by atoms with van der Waals surface area (Å²) in [5.41, 5.74) is 2.08. The number of nitrogens with one attached hydrogen (secondary N) is 1. The zero-order chi connectivity index (χ0) is 30.3. The minimum atomic E-state index is -1.10. The lowest BCUT2D eigenvalue weighted by Crippen LogP contribution is -2.58. The molecule has 3 N–H and O–H groups in total. The van der Waals surface area contributed by atoms with Crippen molar-refractivity contribution >= 4 is 35.0 Å². The first-order valence-electron chi connectivity index (χ1n) is 15.5. The van der Waals surface area contributed by atoms with Crippen LogP contribution >= 0.6 is 11.3 Å². The number of aromatic nitrogens is 1. The van der Waals surface area contributed by atoms with Crippen LogP contribution in [0.1, 0.15) is 109 Å². The van der Waals surface area contributed by atoms with Gasteiger partial charge in [0.1, 0.15) is 11.0 Å². The summed E-state index contributed by atoms with van der Waals surface area (Å²) >= 11 is 1.68. The van der Waals surface area contributed by atoms with E-state index in [1.807, 2.05) is 0 Å². The van der Waals surface area contributed by atoms with E-state index in [1.54, 1.807) is 29.5 Å². The number of amides is 4. The Morgan fingerprint density at radius 1 is 1.12 bits per heavy atom. The van der Waals surface area contributed by atoms with Crippen LogP contribution in [0.2, 0.25) is 0 Å². The van der Waals surface area contributed by atoms with Gasteiger partial charge in [-0.1, -0.05) is 31.8 Å². The zero-order valence-corrected chi connectivity index (χ0v) is 25.7. The largest absolute Gasteiger partial charge is 0.305 e. The molecule has 1 saturated heterocycles. The molecule has 3 atom stereocenters. The van der Waals surface area contributed by atoms with Gasteiger partial charge < -0.3 is 5.32 Å². The predicted octanol–water partition coefficient (Wildman–Crippen LogP) is 4.20. The molecule has 3 unspecified atom stereocenters. The molecule has 2 saturated carbocycles. The van der Waals surface area contributed by atoms with Crippen LogP contribution in [0.5, 0.6) is 0 Å². The first kappa shape index (κ1) is 29.7. The highest BCUT2D eigenvalue weighted by Gasteiger charge is 2.47. The number of nitrogens with two attached hydrogens (primary N) is 1. The predicted molar refractivity (Wildman–Crippen MR) is 162 cm³/mol. The maximum atomic E-state index is 13.3. The van der Waals surface area contributed by atoms with Crippen LogP contribution < -0.4 is 11.2 Å². The fourth-order valence-electron chi connectivity index (χ4n) is 7.85. The molecular formula is C33H39N5O4S. The second-order valence-corrected chi connectivity index (χ2v) is 13.8. The molecule has 0 spiro atoms. The summed E-state index contributed by atoms with van der Waals surface area (Å²) < 4.78 is 0. The van der Waals surface area contributed by atoms with E-state index in [0.717, 1.165) is 46.3 Å². The molecular weight excluding hydrogens is 562 g/mol. The van der Waals surface area contributed by atoms with Gasteiger partial charge in [0.05, 0.1) is 16.8 Å². The third kappa shape index (κ3) is 5.78. The Morgan fingerprint density at radius 3 is 2.63 bits per heavy atom. The SMILES string of the molecule is CCC1(NCc2nc(CCC#Cc3cccc4c3C(=O)N(C3CCC(=O)N(N)C3=O)C4=O)cs2)CC2CC(C)CC(C2)C1. The number of rotatable bonds is 7. The molecule has 6 rings (SSSR count). The van der Waals surface area contributed by atoms with E-state index in [1.165, 1.54) is 32.1 Å². The molecule has 1 aromatic carbocycles. The van der Waals surface area contributed by atoms with Crippen LogP contribution in [0.15, 0.2) is 23.6 Å². The summed E-state index contributed by atoms with van der Waals surface area (Å²) in [7, 11) is 0. The van der Waals surface area contributed by atoms with Crippen molar-refractivity contribution in [2.45, 2.75) is 96.2 Å². The number of thiazole rings is 1. The maximum Gasteiger partial charge on any atom is 0.266 e. The van der Waals surface area contributed by atoms with Crippen LogP contribution in [0, 0.1) is 29.6 Å². The number of benzene rings is 1. The lowest BCUT2D eigenvalue weighted by Gasteiger charge is -2.49. The van der Waals surface area contributed by atoms with Gasteiger partial charge in [0.2, 0.25) is 5.91 Å². The standard InChI is InChI=1S/C33H39N5O4S/c1-3-33(16-21-13-20(2)14-22(15-21)17-33)35-18-27-36-24(19-43-27)9-5-4-7-23-8-6-10-25-29(23)32(42)37(30(25)40)26-11-12-28(39)38(34)31(26)41/h6,8,10,19-22,26,35H,3,5,9,11-18,34H2,1-2H3. The van der Waals surface area contributed by atoms with Crippen molar-refractivity contribution in [3.05, 3.63) is 51.0 Å². The van der Waals surface area contributed by atoms with Gasteiger partial charge in [-0.2, -0.15) is 0 Å². The van der Waals surface area contributed by atoms with Crippen LogP contribution in [-0.4, -0.2) is 50.1 Å². The Hall–Kier alpha value is -3.39. The van der Waals surface area contributed by atoms with Crippen molar-refractivity contribution in [2.75, 3.05) is 0 Å². The minimum absolute atomic E-state index is 0.0128. The summed E-state index contributed by atoms with van der Waals surface area (Å²) in [5, 5.41) is 7.62. The van der Waals surface area contributed by atoms with Crippen molar-refractivity contribution in [2.24, 2.45) is 23.6 Å². The second-order valence-electron chi connectivity index (χ2n) is 12.8. The normalized spacial score (nSPS) is 28.6. The van der Waals surface area contributed by atoms with Crippen molar-refractivity contribution in [3.8, 4) is 11.8 Å². The highest BCUT2D eigenvalue weighted by molar-refractivity contribution is 7.09. The molecule has 43 heavy (non-hydrogen) atoms. The van der Waals surface area contributed by atoms with Gasteiger partial charge in [-0.25, -0.2) is 15.8 Å². The quantitative estimate of drug-likeness (QED) is 0.211. The van der Waals surface area contributed by atoms with E-state index >= 15 is 0 Å². The number of imide groups is 2. The number of carbonyl (C=O) groups is 4.